The number of nitrogens with zero attached hydrogens (tertiary/aromatic N) is 2. The number of halogens is 2. The van der Waals surface area contributed by atoms with E-state index in [1.165, 1.54) is 24.3 Å². The number of hydrogen-bond acceptors (Lipinski definition) is 3. The molecule has 1 aromatic carbocycles. The van der Waals surface area contributed by atoms with Crippen molar-refractivity contribution in [3.8, 4) is 11.1 Å². The summed E-state index contributed by atoms with van der Waals surface area (Å²) in [5, 5.41) is -0.0438. The van der Waals surface area contributed by atoms with Gasteiger partial charge in [0.1, 0.15) is 11.0 Å². The van der Waals surface area contributed by atoms with Gasteiger partial charge in [-0.15, -0.1) is 0 Å². The fourth-order valence-corrected chi connectivity index (χ4v) is 2.19. The molecule has 0 aliphatic carbocycles. The van der Waals surface area contributed by atoms with Crippen LogP contribution < -0.4 is 11.2 Å². The number of aromatic amines is 1. The summed E-state index contributed by atoms with van der Waals surface area (Å²) in [5.74, 6) is -0.410. The predicted molar refractivity (Wildman–Crippen MR) is 80.3 cm³/mol. The standard InChI is InChI=1S/C14H15ClFN3O2/c1-18(2)7-8-19-13(20)11(12(15)17-14(19)21)9-3-5-10(16)6-4-9/h3-6H,7-8H2,1-2H3,(H,17,21). The van der Waals surface area contributed by atoms with Crippen molar-refractivity contribution >= 4 is 11.6 Å². The topological polar surface area (TPSA) is 58.1 Å². The molecule has 21 heavy (non-hydrogen) atoms. The molecule has 1 heterocycles. The maximum atomic E-state index is 13.0. The third-order valence-corrected chi connectivity index (χ3v) is 3.33. The molecular weight excluding hydrogens is 297 g/mol. The molecular formula is C14H15ClFN3O2. The van der Waals surface area contributed by atoms with E-state index in [4.69, 9.17) is 11.6 Å². The van der Waals surface area contributed by atoms with E-state index in [0.29, 0.717) is 12.1 Å². The highest BCUT2D eigenvalue weighted by molar-refractivity contribution is 6.32. The zero-order chi connectivity index (χ0) is 15.6. The molecule has 0 spiro atoms. The zero-order valence-electron chi connectivity index (χ0n) is 11.7. The summed E-state index contributed by atoms with van der Waals surface area (Å²) in [7, 11) is 3.69. The van der Waals surface area contributed by atoms with Crippen molar-refractivity contribution in [3.63, 3.8) is 0 Å². The van der Waals surface area contributed by atoms with E-state index in [-0.39, 0.29) is 17.3 Å². The Labute approximate surface area is 125 Å². The number of hydrogen-bond donors (Lipinski definition) is 1. The summed E-state index contributed by atoms with van der Waals surface area (Å²) in [6.45, 7) is 0.778. The quantitative estimate of drug-likeness (QED) is 0.872. The second kappa shape index (κ2) is 6.24. The summed E-state index contributed by atoms with van der Waals surface area (Å²) < 4.78 is 14.1. The van der Waals surface area contributed by atoms with E-state index in [0.717, 1.165) is 4.57 Å². The molecule has 0 aliphatic rings. The molecule has 2 rings (SSSR count). The predicted octanol–water partition coefficient (Wildman–Crippen LogP) is 1.56. The van der Waals surface area contributed by atoms with Gasteiger partial charge in [0, 0.05) is 13.1 Å². The highest BCUT2D eigenvalue weighted by Gasteiger charge is 2.14. The number of aromatic nitrogens is 2. The Balaban J connectivity index is 2.56. The van der Waals surface area contributed by atoms with E-state index in [9.17, 15) is 14.0 Å². The summed E-state index contributed by atoms with van der Waals surface area (Å²) in [4.78, 5) is 28.6. The van der Waals surface area contributed by atoms with Gasteiger partial charge in [-0.2, -0.15) is 0 Å². The average Bonchev–Trinajstić information content (AvgIpc) is 2.40. The van der Waals surface area contributed by atoms with Crippen LogP contribution in [0.15, 0.2) is 33.9 Å². The van der Waals surface area contributed by atoms with Crippen molar-refractivity contribution in [2.45, 2.75) is 6.54 Å². The SMILES string of the molecule is CN(C)CCn1c(=O)[nH]c(Cl)c(-c2ccc(F)cc2)c1=O. The average molecular weight is 312 g/mol. The first kappa shape index (κ1) is 15.5. The van der Waals surface area contributed by atoms with Crippen LogP contribution in [0, 0.1) is 5.82 Å². The van der Waals surface area contributed by atoms with Crippen molar-refractivity contribution in [1.29, 1.82) is 0 Å². The van der Waals surface area contributed by atoms with Gasteiger partial charge in [0.15, 0.2) is 0 Å². The lowest BCUT2D eigenvalue weighted by Crippen LogP contribution is -2.38. The van der Waals surface area contributed by atoms with Crippen molar-refractivity contribution in [1.82, 2.24) is 14.5 Å². The third kappa shape index (κ3) is 3.40. The molecule has 0 amide bonds. The molecule has 0 fully saturated rings. The first-order chi connectivity index (χ1) is 9.90. The van der Waals surface area contributed by atoms with Gasteiger partial charge in [0.05, 0.1) is 5.56 Å². The fraction of sp³-hybridized carbons (Fsp3) is 0.286. The van der Waals surface area contributed by atoms with Gasteiger partial charge in [-0.05, 0) is 31.8 Å². The van der Waals surface area contributed by atoms with Crippen LogP contribution >= 0.6 is 11.6 Å². The molecule has 0 saturated carbocycles. The first-order valence-electron chi connectivity index (χ1n) is 6.33. The smallest absolute Gasteiger partial charge is 0.308 e. The summed E-state index contributed by atoms with van der Waals surface area (Å²) in [5.41, 5.74) is -0.425. The fourth-order valence-electron chi connectivity index (χ4n) is 1.91. The Kier molecular flexibility index (Phi) is 4.59. The van der Waals surface area contributed by atoms with Crippen LogP contribution in [-0.2, 0) is 6.54 Å². The Morgan fingerprint density at radius 1 is 1.24 bits per heavy atom. The van der Waals surface area contributed by atoms with Crippen LogP contribution in [0.1, 0.15) is 0 Å². The molecule has 0 saturated heterocycles. The van der Waals surface area contributed by atoms with Crippen LogP contribution in [0.3, 0.4) is 0 Å². The van der Waals surface area contributed by atoms with E-state index < -0.39 is 17.1 Å². The van der Waals surface area contributed by atoms with Crippen LogP contribution in [-0.4, -0.2) is 35.1 Å². The molecule has 0 aliphatic heterocycles. The number of H-pyrrole nitrogens is 1. The number of likely N-dealkylation sites (N-methyl/N-ethyl adjacent to an activating group) is 1. The minimum absolute atomic E-state index is 0.0438. The van der Waals surface area contributed by atoms with Crippen molar-refractivity contribution in [3.05, 3.63) is 56.1 Å². The van der Waals surface area contributed by atoms with E-state index in [2.05, 4.69) is 4.98 Å². The lowest BCUT2D eigenvalue weighted by atomic mass is 10.1. The molecule has 0 bridgehead atoms. The maximum absolute atomic E-state index is 13.0. The van der Waals surface area contributed by atoms with Gasteiger partial charge >= 0.3 is 5.69 Å². The monoisotopic (exact) mass is 311 g/mol. The van der Waals surface area contributed by atoms with Crippen molar-refractivity contribution < 1.29 is 4.39 Å². The molecule has 5 nitrogen and oxygen atoms in total. The molecule has 2 aromatic rings. The zero-order valence-corrected chi connectivity index (χ0v) is 12.4. The second-order valence-corrected chi connectivity index (χ2v) is 5.26. The summed E-state index contributed by atoms with van der Waals surface area (Å²) in [6, 6.07) is 5.37. The third-order valence-electron chi connectivity index (χ3n) is 3.04. The molecule has 7 heteroatoms. The Bertz CT molecular complexity index is 750. The van der Waals surface area contributed by atoms with Crippen molar-refractivity contribution in [2.75, 3.05) is 20.6 Å². The number of nitrogens with one attached hydrogen (secondary N) is 1. The molecule has 0 atom stereocenters. The number of benzene rings is 1. The Morgan fingerprint density at radius 2 is 1.86 bits per heavy atom. The highest BCUT2D eigenvalue weighted by Crippen LogP contribution is 2.21. The van der Waals surface area contributed by atoms with Gasteiger partial charge in [0.25, 0.3) is 5.56 Å². The van der Waals surface area contributed by atoms with E-state index in [1.54, 1.807) is 0 Å². The largest absolute Gasteiger partial charge is 0.329 e. The molecule has 112 valence electrons. The minimum Gasteiger partial charge on any atom is -0.308 e. The maximum Gasteiger partial charge on any atom is 0.329 e. The summed E-state index contributed by atoms with van der Waals surface area (Å²) >= 11 is 5.97. The molecule has 1 N–H and O–H groups in total. The highest BCUT2D eigenvalue weighted by atomic mass is 35.5. The first-order valence-corrected chi connectivity index (χ1v) is 6.71. The van der Waals surface area contributed by atoms with Gasteiger partial charge in [-0.3, -0.25) is 14.3 Å². The second-order valence-electron chi connectivity index (χ2n) is 4.89. The van der Waals surface area contributed by atoms with Crippen LogP contribution in [0.5, 0.6) is 0 Å². The summed E-state index contributed by atoms with van der Waals surface area (Å²) in [6.07, 6.45) is 0. The lowest BCUT2D eigenvalue weighted by molar-refractivity contribution is 0.376. The van der Waals surface area contributed by atoms with Gasteiger partial charge in [0.2, 0.25) is 0 Å². The molecule has 0 unspecified atom stereocenters. The molecule has 1 aromatic heterocycles. The van der Waals surface area contributed by atoms with E-state index in [1.807, 2.05) is 19.0 Å². The minimum atomic E-state index is -0.558. The number of rotatable bonds is 4. The lowest BCUT2D eigenvalue weighted by Gasteiger charge is -2.12. The van der Waals surface area contributed by atoms with Gasteiger partial charge in [-0.1, -0.05) is 23.7 Å². The van der Waals surface area contributed by atoms with Gasteiger partial charge in [-0.25, -0.2) is 9.18 Å². The van der Waals surface area contributed by atoms with Crippen LogP contribution in [0.2, 0.25) is 5.15 Å². The van der Waals surface area contributed by atoms with Gasteiger partial charge < -0.3 is 4.90 Å². The molecule has 0 radical (unpaired) electrons. The van der Waals surface area contributed by atoms with E-state index >= 15 is 0 Å². The van der Waals surface area contributed by atoms with Crippen LogP contribution in [0.4, 0.5) is 4.39 Å². The Morgan fingerprint density at radius 3 is 2.43 bits per heavy atom. The normalized spacial score (nSPS) is 11.1. The van der Waals surface area contributed by atoms with Crippen molar-refractivity contribution in [2.24, 2.45) is 0 Å². The van der Waals surface area contributed by atoms with Crippen LogP contribution in [0.25, 0.3) is 11.1 Å². The Hall–Kier alpha value is -1.92.